The molecule has 1 aliphatic carbocycles. The molecule has 22 heavy (non-hydrogen) atoms. The summed E-state index contributed by atoms with van der Waals surface area (Å²) in [4.78, 5) is 12.0. The summed E-state index contributed by atoms with van der Waals surface area (Å²) in [7, 11) is 0. The second-order valence-corrected chi connectivity index (χ2v) is 7.18. The predicted molar refractivity (Wildman–Crippen MR) is 88.2 cm³/mol. The van der Waals surface area contributed by atoms with Crippen LogP contribution in [0.3, 0.4) is 0 Å². The quantitative estimate of drug-likeness (QED) is 0.819. The van der Waals surface area contributed by atoms with Gasteiger partial charge in [-0.25, -0.2) is 4.39 Å². The van der Waals surface area contributed by atoms with Gasteiger partial charge in [-0.2, -0.15) is 0 Å². The Labute approximate surface area is 133 Å². The van der Waals surface area contributed by atoms with Crippen LogP contribution in [0, 0.1) is 11.7 Å². The standard InChI is InChI=1S/C19H28FNO/c1-19(2,16-10-6-7-11-17(16)20)14-21-18(22)13-12-15-8-4-3-5-9-15/h6-7,10-11,15H,3-5,8-9,12-14H2,1-2H3,(H,21,22). The van der Waals surface area contributed by atoms with Gasteiger partial charge in [-0.05, 0) is 24.0 Å². The van der Waals surface area contributed by atoms with E-state index in [4.69, 9.17) is 0 Å². The van der Waals surface area contributed by atoms with Crippen molar-refractivity contribution in [3.8, 4) is 0 Å². The van der Waals surface area contributed by atoms with Crippen molar-refractivity contribution in [1.82, 2.24) is 5.32 Å². The number of amides is 1. The molecule has 1 saturated carbocycles. The highest BCUT2D eigenvalue weighted by Gasteiger charge is 2.24. The maximum atomic E-state index is 13.9. The molecule has 1 N–H and O–H groups in total. The smallest absolute Gasteiger partial charge is 0.220 e. The third kappa shape index (κ3) is 4.82. The SMILES string of the molecule is CC(C)(CNC(=O)CCC1CCCCC1)c1ccccc1F. The van der Waals surface area contributed by atoms with E-state index >= 15 is 0 Å². The number of carbonyl (C=O) groups excluding carboxylic acids is 1. The van der Waals surface area contributed by atoms with E-state index in [1.165, 1.54) is 38.2 Å². The predicted octanol–water partition coefficient (Wildman–Crippen LogP) is 4.58. The molecule has 0 heterocycles. The molecule has 0 saturated heterocycles. The Kier molecular flexibility index (Phi) is 5.98. The van der Waals surface area contributed by atoms with Gasteiger partial charge in [0.15, 0.2) is 0 Å². The van der Waals surface area contributed by atoms with Gasteiger partial charge in [0.05, 0.1) is 0 Å². The maximum absolute atomic E-state index is 13.9. The Hall–Kier alpha value is -1.38. The lowest BCUT2D eigenvalue weighted by Crippen LogP contribution is -2.37. The second kappa shape index (κ2) is 7.75. The Morgan fingerprint density at radius 3 is 2.59 bits per heavy atom. The third-order valence-corrected chi connectivity index (χ3v) is 4.83. The summed E-state index contributed by atoms with van der Waals surface area (Å²) in [6.07, 6.45) is 8.10. The van der Waals surface area contributed by atoms with Crippen LogP contribution in [0.25, 0.3) is 0 Å². The van der Waals surface area contributed by atoms with Crippen molar-refractivity contribution in [2.75, 3.05) is 6.54 Å². The molecule has 3 heteroatoms. The number of hydrogen-bond donors (Lipinski definition) is 1. The summed E-state index contributed by atoms with van der Waals surface area (Å²) >= 11 is 0. The zero-order chi connectivity index (χ0) is 16.0. The molecule has 0 aromatic heterocycles. The van der Waals surface area contributed by atoms with E-state index in [1.54, 1.807) is 12.1 Å². The highest BCUT2D eigenvalue weighted by atomic mass is 19.1. The molecule has 1 aromatic rings. The van der Waals surface area contributed by atoms with Crippen LogP contribution in [0.4, 0.5) is 4.39 Å². The molecule has 0 atom stereocenters. The van der Waals surface area contributed by atoms with Crippen LogP contribution < -0.4 is 5.32 Å². The molecular formula is C19H28FNO. The summed E-state index contributed by atoms with van der Waals surface area (Å²) in [5.41, 5.74) is 0.258. The largest absolute Gasteiger partial charge is 0.355 e. The van der Waals surface area contributed by atoms with Crippen molar-refractivity contribution >= 4 is 5.91 Å². The van der Waals surface area contributed by atoms with Crippen molar-refractivity contribution in [3.63, 3.8) is 0 Å². The van der Waals surface area contributed by atoms with Gasteiger partial charge in [-0.1, -0.05) is 64.2 Å². The van der Waals surface area contributed by atoms with Crippen LogP contribution >= 0.6 is 0 Å². The van der Waals surface area contributed by atoms with Crippen molar-refractivity contribution in [1.29, 1.82) is 0 Å². The molecule has 1 aliphatic rings. The average molecular weight is 305 g/mol. The Morgan fingerprint density at radius 2 is 1.91 bits per heavy atom. The van der Waals surface area contributed by atoms with Crippen molar-refractivity contribution in [3.05, 3.63) is 35.6 Å². The second-order valence-electron chi connectivity index (χ2n) is 7.18. The fourth-order valence-corrected chi connectivity index (χ4v) is 3.32. The summed E-state index contributed by atoms with van der Waals surface area (Å²) in [6, 6.07) is 6.80. The first-order valence-electron chi connectivity index (χ1n) is 8.51. The van der Waals surface area contributed by atoms with E-state index in [-0.39, 0.29) is 11.7 Å². The zero-order valence-electron chi connectivity index (χ0n) is 13.8. The molecular weight excluding hydrogens is 277 g/mol. The first kappa shape index (κ1) is 17.0. The number of halogens is 1. The minimum absolute atomic E-state index is 0.0926. The summed E-state index contributed by atoms with van der Waals surface area (Å²) < 4.78 is 13.9. The van der Waals surface area contributed by atoms with E-state index < -0.39 is 5.41 Å². The van der Waals surface area contributed by atoms with E-state index in [9.17, 15) is 9.18 Å². The molecule has 2 rings (SSSR count). The minimum atomic E-state index is -0.397. The van der Waals surface area contributed by atoms with Crippen molar-refractivity contribution in [2.24, 2.45) is 5.92 Å². The van der Waals surface area contributed by atoms with Crippen LogP contribution in [-0.2, 0) is 10.2 Å². The Balaban J connectivity index is 1.78. The van der Waals surface area contributed by atoms with Crippen LogP contribution in [0.15, 0.2) is 24.3 Å². The van der Waals surface area contributed by atoms with Gasteiger partial charge in [0.25, 0.3) is 0 Å². The highest BCUT2D eigenvalue weighted by molar-refractivity contribution is 5.76. The molecule has 122 valence electrons. The molecule has 1 aromatic carbocycles. The lowest BCUT2D eigenvalue weighted by Gasteiger charge is -2.26. The lowest BCUT2D eigenvalue weighted by atomic mass is 9.84. The molecule has 0 spiro atoms. The van der Waals surface area contributed by atoms with Gasteiger partial charge in [0, 0.05) is 18.4 Å². The summed E-state index contributed by atoms with van der Waals surface area (Å²) in [6.45, 7) is 4.40. The van der Waals surface area contributed by atoms with Gasteiger partial charge in [0.1, 0.15) is 5.82 Å². The normalized spacial score (nSPS) is 16.5. The first-order valence-corrected chi connectivity index (χ1v) is 8.51. The van der Waals surface area contributed by atoms with Gasteiger partial charge in [0.2, 0.25) is 5.91 Å². The van der Waals surface area contributed by atoms with Gasteiger partial charge < -0.3 is 5.32 Å². The first-order chi connectivity index (χ1) is 10.5. The Morgan fingerprint density at radius 1 is 1.23 bits per heavy atom. The molecule has 1 fully saturated rings. The minimum Gasteiger partial charge on any atom is -0.355 e. The number of hydrogen-bond acceptors (Lipinski definition) is 1. The fourth-order valence-electron chi connectivity index (χ4n) is 3.32. The number of nitrogens with one attached hydrogen (secondary N) is 1. The van der Waals surface area contributed by atoms with E-state index in [2.05, 4.69) is 5.32 Å². The zero-order valence-corrected chi connectivity index (χ0v) is 13.8. The monoisotopic (exact) mass is 305 g/mol. The average Bonchev–Trinajstić information content (AvgIpc) is 2.52. The van der Waals surface area contributed by atoms with Crippen molar-refractivity contribution < 1.29 is 9.18 Å². The lowest BCUT2D eigenvalue weighted by molar-refractivity contribution is -0.121. The van der Waals surface area contributed by atoms with Gasteiger partial charge in [-0.3, -0.25) is 4.79 Å². The van der Waals surface area contributed by atoms with E-state index in [0.717, 1.165) is 12.3 Å². The third-order valence-electron chi connectivity index (χ3n) is 4.83. The molecule has 1 amide bonds. The molecule has 2 nitrogen and oxygen atoms in total. The fraction of sp³-hybridized carbons (Fsp3) is 0.632. The summed E-state index contributed by atoms with van der Waals surface area (Å²) in [5, 5.41) is 2.98. The highest BCUT2D eigenvalue weighted by Crippen LogP contribution is 2.27. The Bertz CT molecular complexity index is 492. The molecule has 0 aliphatic heterocycles. The van der Waals surface area contributed by atoms with Crippen LogP contribution in [0.1, 0.15) is 64.4 Å². The summed E-state index contributed by atoms with van der Waals surface area (Å²) in [5.74, 6) is 0.609. The van der Waals surface area contributed by atoms with Crippen LogP contribution in [-0.4, -0.2) is 12.5 Å². The van der Waals surface area contributed by atoms with Gasteiger partial charge in [-0.15, -0.1) is 0 Å². The topological polar surface area (TPSA) is 29.1 Å². The number of benzene rings is 1. The van der Waals surface area contributed by atoms with E-state index in [1.807, 2.05) is 19.9 Å². The number of rotatable bonds is 6. The maximum Gasteiger partial charge on any atom is 0.220 e. The van der Waals surface area contributed by atoms with Crippen molar-refractivity contribution in [2.45, 2.75) is 64.2 Å². The molecule has 0 bridgehead atoms. The van der Waals surface area contributed by atoms with Gasteiger partial charge >= 0.3 is 0 Å². The van der Waals surface area contributed by atoms with Crippen LogP contribution in [0.2, 0.25) is 0 Å². The molecule has 0 unspecified atom stereocenters. The molecule has 0 radical (unpaired) electrons. The van der Waals surface area contributed by atoms with Crippen LogP contribution in [0.5, 0.6) is 0 Å². The van der Waals surface area contributed by atoms with E-state index in [0.29, 0.717) is 18.5 Å². The number of carbonyl (C=O) groups is 1.